The largest absolute Gasteiger partial charge is 0.477 e. The van der Waals surface area contributed by atoms with E-state index in [1.54, 1.807) is 6.07 Å². The Kier molecular flexibility index (Phi) is 3.53. The minimum absolute atomic E-state index is 0.0501. The van der Waals surface area contributed by atoms with Crippen LogP contribution in [-0.2, 0) is 12.8 Å². The lowest BCUT2D eigenvalue weighted by Gasteiger charge is -2.13. The zero-order valence-corrected chi connectivity index (χ0v) is 10.6. The van der Waals surface area contributed by atoms with Crippen molar-refractivity contribution in [2.75, 3.05) is 0 Å². The number of carboxylic acid groups (broad SMARTS) is 1. The number of aromatic carboxylic acids is 1. The Labute approximate surface area is 105 Å². The zero-order chi connectivity index (χ0) is 12.4. The van der Waals surface area contributed by atoms with Crippen LogP contribution in [0.1, 0.15) is 33.0 Å². The van der Waals surface area contributed by atoms with Gasteiger partial charge in [0.05, 0.1) is 0 Å². The molecule has 0 bridgehead atoms. The Balaban J connectivity index is 2.25. The number of carbonyl (C=O) groups is 1. The molecule has 3 nitrogen and oxygen atoms in total. The quantitative estimate of drug-likeness (QED) is 0.645. The molecule has 0 radical (unpaired) electrons. The molecule has 0 spiro atoms. The van der Waals surface area contributed by atoms with E-state index in [0.29, 0.717) is 10.7 Å². The highest BCUT2D eigenvalue weighted by molar-refractivity contribution is 7.14. The molecule has 1 atom stereocenters. The molecule has 1 aromatic rings. The maximum atomic E-state index is 10.9. The molecule has 88 valence electrons. The molecule has 0 saturated heterocycles. The second kappa shape index (κ2) is 4.93. The van der Waals surface area contributed by atoms with E-state index in [1.807, 2.05) is 6.82 Å². The fourth-order valence-corrected chi connectivity index (χ4v) is 3.47. The predicted octanol–water partition coefficient (Wildman–Crippen LogP) is 2.88. The van der Waals surface area contributed by atoms with Gasteiger partial charge in [0.25, 0.3) is 6.71 Å². The predicted molar refractivity (Wildman–Crippen MR) is 68.9 cm³/mol. The third kappa shape index (κ3) is 2.53. The first-order valence-electron chi connectivity index (χ1n) is 5.86. The average Bonchev–Trinajstić information content (AvgIpc) is 2.61. The van der Waals surface area contributed by atoms with E-state index in [2.05, 4.69) is 5.97 Å². The molecule has 0 fully saturated rings. The lowest BCUT2D eigenvalue weighted by molar-refractivity contribution is 0.0702. The first-order chi connectivity index (χ1) is 8.11. The van der Waals surface area contributed by atoms with Gasteiger partial charge in [0.1, 0.15) is 4.88 Å². The number of thiophene rings is 1. The number of rotatable bonds is 2. The van der Waals surface area contributed by atoms with Crippen molar-refractivity contribution in [2.45, 2.75) is 38.3 Å². The molecule has 0 aromatic carbocycles. The fourth-order valence-electron chi connectivity index (χ4n) is 2.40. The monoisotopic (exact) mass is 247 g/mol. The van der Waals surface area contributed by atoms with Crippen molar-refractivity contribution in [1.82, 2.24) is 0 Å². The van der Waals surface area contributed by atoms with Crippen molar-refractivity contribution in [3.8, 4) is 5.97 Å². The normalized spacial score (nSPS) is 18.9. The molecule has 1 unspecified atom stereocenters. The Morgan fingerprint density at radius 3 is 3.12 bits per heavy atom. The molecule has 1 heterocycles. The summed E-state index contributed by atoms with van der Waals surface area (Å²) >= 11 is 1.40. The van der Waals surface area contributed by atoms with Crippen molar-refractivity contribution >= 4 is 24.0 Å². The van der Waals surface area contributed by atoms with Crippen molar-refractivity contribution in [2.24, 2.45) is 0 Å². The summed E-state index contributed by atoms with van der Waals surface area (Å²) in [5.41, 5.74) is 1.15. The van der Waals surface area contributed by atoms with Crippen LogP contribution in [0, 0.1) is 11.2 Å². The van der Waals surface area contributed by atoms with Gasteiger partial charge >= 0.3 is 5.97 Å². The van der Waals surface area contributed by atoms with Crippen LogP contribution < -0.4 is 0 Å². The molecule has 0 aliphatic heterocycles. The van der Waals surface area contributed by atoms with Gasteiger partial charge in [0.15, 0.2) is 0 Å². The van der Waals surface area contributed by atoms with Crippen LogP contribution in [0.2, 0.25) is 12.6 Å². The molecule has 5 heteroatoms. The third-order valence-corrected chi connectivity index (χ3v) is 4.70. The molecule has 1 aliphatic rings. The summed E-state index contributed by atoms with van der Waals surface area (Å²) in [6.07, 6.45) is 3.94. The molecule has 0 amide bonds. The lowest BCUT2D eigenvalue weighted by atomic mass is 9.42. The maximum absolute atomic E-state index is 10.9. The van der Waals surface area contributed by atoms with E-state index in [0.717, 1.165) is 31.2 Å². The summed E-state index contributed by atoms with van der Waals surface area (Å²) in [5.74, 6) is 1.84. The van der Waals surface area contributed by atoms with E-state index in [-0.39, 0.29) is 6.71 Å². The fraction of sp³-hybridized carbons (Fsp3) is 0.500. The topological polar surface area (TPSA) is 61.1 Å². The average molecular weight is 247 g/mol. The van der Waals surface area contributed by atoms with E-state index in [4.69, 9.17) is 10.4 Å². The first kappa shape index (κ1) is 12.2. The van der Waals surface area contributed by atoms with Crippen LogP contribution in [0.5, 0.6) is 0 Å². The molecule has 0 saturated carbocycles. The van der Waals surface area contributed by atoms with Gasteiger partial charge in [-0.2, -0.15) is 0 Å². The van der Waals surface area contributed by atoms with Crippen molar-refractivity contribution in [1.29, 1.82) is 5.26 Å². The van der Waals surface area contributed by atoms with Gasteiger partial charge in [0.2, 0.25) is 0 Å². The molecule has 1 N–H and O–H groups in total. The molecular formula is C12H14BNO2S. The highest BCUT2D eigenvalue weighted by Gasteiger charge is 2.26. The van der Waals surface area contributed by atoms with Crippen LogP contribution in [0.4, 0.5) is 0 Å². The molecule has 2 rings (SSSR count). The summed E-state index contributed by atoms with van der Waals surface area (Å²) in [7, 11) is 0. The van der Waals surface area contributed by atoms with Crippen LogP contribution in [0.3, 0.4) is 0 Å². The molecular weight excluding hydrogens is 233 g/mol. The Morgan fingerprint density at radius 1 is 1.71 bits per heavy atom. The Morgan fingerprint density at radius 2 is 2.47 bits per heavy atom. The minimum atomic E-state index is -0.840. The van der Waals surface area contributed by atoms with Crippen LogP contribution >= 0.6 is 11.3 Å². The van der Waals surface area contributed by atoms with Crippen molar-refractivity contribution in [3.05, 3.63) is 21.4 Å². The second-order valence-electron chi connectivity index (χ2n) is 4.64. The maximum Gasteiger partial charge on any atom is 0.345 e. The number of hydrogen-bond acceptors (Lipinski definition) is 3. The smallest absolute Gasteiger partial charge is 0.345 e. The van der Waals surface area contributed by atoms with E-state index in [9.17, 15) is 4.79 Å². The number of hydrogen-bond donors (Lipinski definition) is 1. The standard InChI is InChI=1S/C12H14BNO2S/c1-13(7-14)9-3-2-4-10-8(5-9)6-11(17-10)12(15)16/h6,9H,2-5H2,1H3,(H,15,16). The van der Waals surface area contributed by atoms with Crippen LogP contribution in [-0.4, -0.2) is 17.8 Å². The van der Waals surface area contributed by atoms with Gasteiger partial charge in [-0.3, -0.25) is 0 Å². The lowest BCUT2D eigenvalue weighted by Crippen LogP contribution is -2.16. The summed E-state index contributed by atoms with van der Waals surface area (Å²) in [6, 6.07) is 1.80. The number of carboxylic acids is 1. The summed E-state index contributed by atoms with van der Waals surface area (Å²) in [5, 5.41) is 18.0. The van der Waals surface area contributed by atoms with Gasteiger partial charge in [-0.1, -0.05) is 13.2 Å². The number of nitriles is 1. The Hall–Kier alpha value is -1.28. The van der Waals surface area contributed by atoms with Crippen molar-refractivity contribution < 1.29 is 9.90 Å². The second-order valence-corrected chi connectivity index (χ2v) is 5.78. The Bertz CT molecular complexity index is 477. The van der Waals surface area contributed by atoms with Gasteiger partial charge in [-0.25, -0.2) is 10.1 Å². The van der Waals surface area contributed by atoms with Gasteiger partial charge in [0, 0.05) is 10.8 Å². The zero-order valence-electron chi connectivity index (χ0n) is 9.77. The molecule has 17 heavy (non-hydrogen) atoms. The van der Waals surface area contributed by atoms with E-state index >= 15 is 0 Å². The molecule has 1 aromatic heterocycles. The van der Waals surface area contributed by atoms with E-state index < -0.39 is 5.97 Å². The third-order valence-electron chi connectivity index (χ3n) is 3.48. The van der Waals surface area contributed by atoms with Gasteiger partial charge in [-0.15, -0.1) is 11.3 Å². The first-order valence-corrected chi connectivity index (χ1v) is 6.68. The number of nitrogens with zero attached hydrogens (tertiary/aromatic N) is 1. The summed E-state index contributed by atoms with van der Waals surface area (Å²) in [4.78, 5) is 12.6. The highest BCUT2D eigenvalue weighted by atomic mass is 32.1. The van der Waals surface area contributed by atoms with Crippen LogP contribution in [0.15, 0.2) is 6.07 Å². The van der Waals surface area contributed by atoms with Crippen molar-refractivity contribution in [3.63, 3.8) is 0 Å². The summed E-state index contributed by atoms with van der Waals surface area (Å²) < 4.78 is 0. The SMILES string of the molecule is CB(C#N)C1CCCc2sc(C(=O)O)cc2C1. The van der Waals surface area contributed by atoms with Gasteiger partial charge in [-0.05, 0) is 36.7 Å². The molecule has 1 aliphatic carbocycles. The van der Waals surface area contributed by atoms with Gasteiger partial charge < -0.3 is 5.11 Å². The van der Waals surface area contributed by atoms with E-state index in [1.165, 1.54) is 16.2 Å². The number of aryl methyl sites for hydroxylation is 1. The van der Waals surface area contributed by atoms with Crippen LogP contribution in [0.25, 0.3) is 0 Å². The minimum Gasteiger partial charge on any atom is -0.477 e. The highest BCUT2D eigenvalue weighted by Crippen LogP contribution is 2.34. The summed E-state index contributed by atoms with van der Waals surface area (Å²) in [6.45, 7) is 2.01. The number of fused-ring (bicyclic) bond motifs is 1.